The summed E-state index contributed by atoms with van der Waals surface area (Å²) in [5.74, 6) is -0.211. The van der Waals surface area contributed by atoms with Crippen molar-refractivity contribution in [2.75, 3.05) is 13.2 Å². The fraction of sp³-hybridized carbons (Fsp3) is 0.333. The van der Waals surface area contributed by atoms with E-state index in [0.29, 0.717) is 5.56 Å². The lowest BCUT2D eigenvalue weighted by Gasteiger charge is -2.08. The summed E-state index contributed by atoms with van der Waals surface area (Å²) in [5.41, 5.74) is 0.480. The lowest BCUT2D eigenvalue weighted by Crippen LogP contribution is -2.30. The van der Waals surface area contributed by atoms with Gasteiger partial charge in [-0.25, -0.2) is 4.79 Å². The third-order valence-electron chi connectivity index (χ3n) is 2.08. The smallest absolute Gasteiger partial charge is 0.422 e. The lowest BCUT2D eigenvalue weighted by molar-refractivity contribution is -0.160. The van der Waals surface area contributed by atoms with Crippen LogP contribution in [-0.2, 0) is 4.74 Å². The van der Waals surface area contributed by atoms with Crippen LogP contribution >= 0.6 is 0 Å². The topological polar surface area (TPSA) is 55.4 Å². The molecule has 0 spiro atoms. The molecule has 0 unspecified atom stereocenters. The van der Waals surface area contributed by atoms with E-state index in [2.05, 4.69) is 10.1 Å². The van der Waals surface area contributed by atoms with Crippen LogP contribution < -0.4 is 5.32 Å². The Balaban J connectivity index is 2.24. The van der Waals surface area contributed by atoms with E-state index in [0.717, 1.165) is 0 Å². The van der Waals surface area contributed by atoms with Gasteiger partial charge in [0.1, 0.15) is 0 Å². The number of hydrogen-bond acceptors (Lipinski definition) is 3. The maximum Gasteiger partial charge on any atom is 0.422 e. The number of halogens is 3. The molecule has 0 aliphatic heterocycles. The van der Waals surface area contributed by atoms with Gasteiger partial charge in [0.2, 0.25) is 0 Å². The second-order valence-electron chi connectivity index (χ2n) is 3.66. The Hall–Kier alpha value is -2.05. The number of benzene rings is 1. The van der Waals surface area contributed by atoms with Gasteiger partial charge in [-0.05, 0) is 0 Å². The molecule has 104 valence electrons. The van der Waals surface area contributed by atoms with Crippen LogP contribution in [0.4, 0.5) is 18.0 Å². The summed E-state index contributed by atoms with van der Waals surface area (Å²) in [5, 5.41) is 2.07. The van der Waals surface area contributed by atoms with E-state index in [9.17, 15) is 22.8 Å². The molecule has 0 saturated heterocycles. The maximum absolute atomic E-state index is 11.7. The molecule has 0 aromatic heterocycles. The molecule has 0 bridgehead atoms. The molecule has 0 radical (unpaired) electrons. The number of Topliss-reactive ketones (excluding diaryl/α,β-unsaturated/α-hetero) is 1. The highest BCUT2D eigenvalue weighted by Crippen LogP contribution is 2.14. The Labute approximate surface area is 107 Å². The molecule has 0 fully saturated rings. The molecule has 4 nitrogen and oxygen atoms in total. The molecule has 0 saturated carbocycles. The number of ketones is 1. The number of carbonyl (C=O) groups excluding carboxylic acids is 2. The molecule has 19 heavy (non-hydrogen) atoms. The van der Waals surface area contributed by atoms with Crippen LogP contribution in [0, 0.1) is 0 Å². The van der Waals surface area contributed by atoms with Gasteiger partial charge in [0.15, 0.2) is 12.4 Å². The molecular weight excluding hydrogens is 263 g/mol. The van der Waals surface area contributed by atoms with E-state index in [1.807, 2.05) is 0 Å². The van der Waals surface area contributed by atoms with Crippen molar-refractivity contribution in [2.45, 2.75) is 12.6 Å². The number of rotatable bonds is 5. The standard InChI is InChI=1S/C12H12F3NO3/c13-12(14,15)8-19-11(18)16-7-6-10(17)9-4-2-1-3-5-9/h1-5H,6-8H2,(H,16,18). The van der Waals surface area contributed by atoms with Crippen LogP contribution in [0.1, 0.15) is 16.8 Å². The van der Waals surface area contributed by atoms with Gasteiger partial charge in [-0.1, -0.05) is 30.3 Å². The van der Waals surface area contributed by atoms with Gasteiger partial charge in [-0.2, -0.15) is 13.2 Å². The summed E-state index contributed by atoms with van der Waals surface area (Å²) >= 11 is 0. The van der Waals surface area contributed by atoms with Crippen LogP contribution in [0.15, 0.2) is 30.3 Å². The van der Waals surface area contributed by atoms with E-state index in [1.165, 1.54) is 0 Å². The summed E-state index contributed by atoms with van der Waals surface area (Å²) in [4.78, 5) is 22.4. The van der Waals surface area contributed by atoms with E-state index in [1.54, 1.807) is 30.3 Å². The third-order valence-corrected chi connectivity index (χ3v) is 2.08. The Morgan fingerprint density at radius 3 is 2.37 bits per heavy atom. The summed E-state index contributed by atoms with van der Waals surface area (Å²) < 4.78 is 39.1. The van der Waals surface area contributed by atoms with Crippen LogP contribution in [-0.4, -0.2) is 31.2 Å². The van der Waals surface area contributed by atoms with E-state index >= 15 is 0 Å². The zero-order valence-electron chi connectivity index (χ0n) is 9.87. The Bertz CT molecular complexity index is 432. The van der Waals surface area contributed by atoms with E-state index < -0.39 is 18.9 Å². The zero-order chi connectivity index (χ0) is 14.3. The van der Waals surface area contributed by atoms with E-state index in [-0.39, 0.29) is 18.7 Å². The molecular formula is C12H12F3NO3. The van der Waals surface area contributed by atoms with Gasteiger partial charge in [0.05, 0.1) is 0 Å². The SMILES string of the molecule is O=C(NCCC(=O)c1ccccc1)OCC(F)(F)F. The molecule has 1 amide bonds. The van der Waals surface area contributed by atoms with Crippen LogP contribution in [0.5, 0.6) is 0 Å². The minimum Gasteiger partial charge on any atom is -0.440 e. The number of carbonyl (C=O) groups is 2. The molecule has 1 N–H and O–H groups in total. The van der Waals surface area contributed by atoms with Crippen molar-refractivity contribution in [1.29, 1.82) is 0 Å². The van der Waals surface area contributed by atoms with Crippen molar-refractivity contribution in [2.24, 2.45) is 0 Å². The fourth-order valence-electron chi connectivity index (χ4n) is 1.24. The lowest BCUT2D eigenvalue weighted by atomic mass is 10.1. The first-order valence-corrected chi connectivity index (χ1v) is 5.44. The quantitative estimate of drug-likeness (QED) is 0.840. The highest BCUT2D eigenvalue weighted by molar-refractivity contribution is 5.96. The number of alkyl carbamates (subject to hydrolysis) is 1. The highest BCUT2D eigenvalue weighted by atomic mass is 19.4. The maximum atomic E-state index is 11.7. The van der Waals surface area contributed by atoms with Crippen LogP contribution in [0.2, 0.25) is 0 Å². The Kier molecular flexibility index (Phi) is 5.35. The van der Waals surface area contributed by atoms with Crippen molar-refractivity contribution in [3.05, 3.63) is 35.9 Å². The van der Waals surface area contributed by atoms with Crippen molar-refractivity contribution in [3.63, 3.8) is 0 Å². The summed E-state index contributed by atoms with van der Waals surface area (Å²) in [6, 6.07) is 8.37. The second-order valence-corrected chi connectivity index (χ2v) is 3.66. The molecule has 1 rings (SSSR count). The normalized spacial score (nSPS) is 10.9. The van der Waals surface area contributed by atoms with Gasteiger partial charge in [0, 0.05) is 18.5 Å². The molecule has 1 aromatic rings. The number of alkyl halides is 3. The largest absolute Gasteiger partial charge is 0.440 e. The third kappa shape index (κ3) is 6.44. The molecule has 0 aliphatic carbocycles. The monoisotopic (exact) mass is 275 g/mol. The minimum absolute atomic E-state index is 0.00880. The molecule has 0 aliphatic rings. The molecule has 7 heteroatoms. The van der Waals surface area contributed by atoms with Gasteiger partial charge >= 0.3 is 12.3 Å². The average Bonchev–Trinajstić information content (AvgIpc) is 2.36. The number of hydrogen-bond donors (Lipinski definition) is 1. The highest BCUT2D eigenvalue weighted by Gasteiger charge is 2.29. The number of amides is 1. The zero-order valence-corrected chi connectivity index (χ0v) is 9.87. The predicted octanol–water partition coefficient (Wildman–Crippen LogP) is 2.55. The second kappa shape index (κ2) is 6.77. The van der Waals surface area contributed by atoms with Crippen molar-refractivity contribution in [1.82, 2.24) is 5.32 Å². The first-order valence-electron chi connectivity index (χ1n) is 5.44. The summed E-state index contributed by atoms with van der Waals surface area (Å²) in [7, 11) is 0. The van der Waals surface area contributed by atoms with E-state index in [4.69, 9.17) is 0 Å². The molecule has 1 aromatic carbocycles. The average molecular weight is 275 g/mol. The molecule has 0 atom stereocenters. The predicted molar refractivity (Wildman–Crippen MR) is 60.8 cm³/mol. The van der Waals surface area contributed by atoms with Crippen LogP contribution in [0.25, 0.3) is 0 Å². The van der Waals surface area contributed by atoms with Gasteiger partial charge in [-0.15, -0.1) is 0 Å². The fourth-order valence-corrected chi connectivity index (χ4v) is 1.24. The number of ether oxygens (including phenoxy) is 1. The molecule has 0 heterocycles. The first kappa shape index (κ1) is 15.0. The van der Waals surface area contributed by atoms with Crippen molar-refractivity contribution >= 4 is 11.9 Å². The summed E-state index contributed by atoms with van der Waals surface area (Å²) in [6.45, 7) is -1.73. The first-order chi connectivity index (χ1) is 8.88. The van der Waals surface area contributed by atoms with Gasteiger partial charge in [-0.3, -0.25) is 4.79 Å². The number of nitrogens with one attached hydrogen (secondary N) is 1. The minimum atomic E-state index is -4.56. The van der Waals surface area contributed by atoms with Crippen molar-refractivity contribution in [3.8, 4) is 0 Å². The summed E-state index contributed by atoms with van der Waals surface area (Å²) in [6.07, 6.45) is -5.76. The Morgan fingerprint density at radius 1 is 1.16 bits per heavy atom. The Morgan fingerprint density at radius 2 is 1.79 bits per heavy atom. The van der Waals surface area contributed by atoms with Crippen molar-refractivity contribution < 1.29 is 27.5 Å². The van der Waals surface area contributed by atoms with Crippen LogP contribution in [0.3, 0.4) is 0 Å². The van der Waals surface area contributed by atoms with Gasteiger partial charge < -0.3 is 10.1 Å². The van der Waals surface area contributed by atoms with Gasteiger partial charge in [0.25, 0.3) is 0 Å².